The van der Waals surface area contributed by atoms with E-state index in [1.807, 2.05) is 13.8 Å². The molecule has 4 heteroatoms. The first-order chi connectivity index (χ1) is 8.92. The first-order valence-electron chi connectivity index (χ1n) is 7.65. The van der Waals surface area contributed by atoms with Crippen LogP contribution in [0.5, 0.6) is 0 Å². The van der Waals surface area contributed by atoms with Crippen LogP contribution in [0.1, 0.15) is 53.9 Å². The lowest BCUT2D eigenvalue weighted by Crippen LogP contribution is -2.54. The molecule has 0 radical (unpaired) electrons. The predicted molar refractivity (Wildman–Crippen MR) is 75.7 cm³/mol. The minimum atomic E-state index is -0.383. The van der Waals surface area contributed by atoms with E-state index in [2.05, 4.69) is 31.0 Å². The van der Waals surface area contributed by atoms with Crippen molar-refractivity contribution in [1.82, 2.24) is 10.2 Å². The second kappa shape index (κ2) is 5.41. The van der Waals surface area contributed by atoms with Gasteiger partial charge in [0.2, 0.25) is 5.91 Å². The van der Waals surface area contributed by atoms with Gasteiger partial charge < -0.3 is 9.64 Å². The number of nitrogens with zero attached hydrogens (tertiary/aromatic N) is 1. The van der Waals surface area contributed by atoms with Crippen LogP contribution in [0.3, 0.4) is 0 Å². The van der Waals surface area contributed by atoms with Crippen molar-refractivity contribution < 1.29 is 9.53 Å². The van der Waals surface area contributed by atoms with E-state index in [4.69, 9.17) is 4.74 Å². The molecule has 1 amide bonds. The van der Waals surface area contributed by atoms with Gasteiger partial charge in [0.25, 0.3) is 0 Å². The maximum absolute atomic E-state index is 12.7. The van der Waals surface area contributed by atoms with Gasteiger partial charge in [-0.25, -0.2) is 0 Å². The molecule has 1 saturated carbocycles. The van der Waals surface area contributed by atoms with E-state index in [0.717, 1.165) is 25.9 Å². The second-order valence-electron chi connectivity index (χ2n) is 6.43. The molecule has 2 aliphatic rings. The summed E-state index contributed by atoms with van der Waals surface area (Å²) in [5.74, 6) is 0.706. The minimum Gasteiger partial charge on any atom is -0.378 e. The molecule has 2 atom stereocenters. The summed E-state index contributed by atoms with van der Waals surface area (Å²) in [6, 6.07) is 0.359. The van der Waals surface area contributed by atoms with Crippen molar-refractivity contribution in [3.63, 3.8) is 0 Å². The van der Waals surface area contributed by atoms with Gasteiger partial charge in [-0.05, 0) is 39.0 Å². The molecule has 0 spiro atoms. The Morgan fingerprint density at radius 2 is 2.05 bits per heavy atom. The van der Waals surface area contributed by atoms with Gasteiger partial charge in [-0.15, -0.1) is 0 Å². The SMILES string of the molecule is CCOC1CC(N2C(=O)C(C)(CC)NC2C(C)C)C1. The summed E-state index contributed by atoms with van der Waals surface area (Å²) in [7, 11) is 0. The lowest BCUT2D eigenvalue weighted by molar-refractivity contribution is -0.141. The quantitative estimate of drug-likeness (QED) is 0.830. The van der Waals surface area contributed by atoms with Gasteiger partial charge in [-0.1, -0.05) is 20.8 Å². The van der Waals surface area contributed by atoms with E-state index in [0.29, 0.717) is 18.1 Å². The van der Waals surface area contributed by atoms with Crippen molar-refractivity contribution in [3.8, 4) is 0 Å². The van der Waals surface area contributed by atoms with Crippen molar-refractivity contribution in [3.05, 3.63) is 0 Å². The van der Waals surface area contributed by atoms with Gasteiger partial charge in [0.05, 0.1) is 17.8 Å². The Labute approximate surface area is 116 Å². The molecule has 110 valence electrons. The molecule has 19 heavy (non-hydrogen) atoms. The Morgan fingerprint density at radius 3 is 2.53 bits per heavy atom. The van der Waals surface area contributed by atoms with Gasteiger partial charge in [-0.2, -0.15) is 0 Å². The molecule has 0 aromatic carbocycles. The van der Waals surface area contributed by atoms with E-state index < -0.39 is 0 Å². The van der Waals surface area contributed by atoms with Crippen LogP contribution in [0.2, 0.25) is 0 Å². The van der Waals surface area contributed by atoms with Crippen LogP contribution in [0.25, 0.3) is 0 Å². The fourth-order valence-electron chi connectivity index (χ4n) is 3.14. The minimum absolute atomic E-state index is 0.171. The molecule has 1 aliphatic heterocycles. The topological polar surface area (TPSA) is 41.6 Å². The van der Waals surface area contributed by atoms with Gasteiger partial charge in [0.1, 0.15) is 0 Å². The van der Waals surface area contributed by atoms with Crippen molar-refractivity contribution in [1.29, 1.82) is 0 Å². The Kier molecular flexibility index (Phi) is 4.21. The molecule has 0 aromatic heterocycles. The molecule has 0 aromatic rings. The molecular formula is C15H28N2O2. The van der Waals surface area contributed by atoms with Gasteiger partial charge >= 0.3 is 0 Å². The fourth-order valence-corrected chi connectivity index (χ4v) is 3.14. The molecule has 4 nitrogen and oxygen atoms in total. The van der Waals surface area contributed by atoms with Crippen molar-refractivity contribution in [2.24, 2.45) is 5.92 Å². The maximum Gasteiger partial charge on any atom is 0.244 e. The van der Waals surface area contributed by atoms with Crippen LogP contribution in [-0.4, -0.2) is 41.3 Å². The summed E-state index contributed by atoms with van der Waals surface area (Å²) >= 11 is 0. The molecule has 2 unspecified atom stereocenters. The molecule has 1 heterocycles. The van der Waals surface area contributed by atoms with Crippen LogP contribution in [0.4, 0.5) is 0 Å². The Balaban J connectivity index is 2.07. The summed E-state index contributed by atoms with van der Waals surface area (Å²) in [6.07, 6.45) is 3.34. The lowest BCUT2D eigenvalue weighted by atomic mass is 9.86. The third-order valence-electron chi connectivity index (χ3n) is 4.68. The molecule has 0 bridgehead atoms. The van der Waals surface area contributed by atoms with Crippen LogP contribution >= 0.6 is 0 Å². The first kappa shape index (κ1) is 14.8. The smallest absolute Gasteiger partial charge is 0.244 e. The number of nitrogens with one attached hydrogen (secondary N) is 1. The molecule has 1 saturated heterocycles. The zero-order chi connectivity index (χ0) is 14.2. The highest BCUT2D eigenvalue weighted by molar-refractivity contribution is 5.88. The summed E-state index contributed by atoms with van der Waals surface area (Å²) in [6.45, 7) is 11.3. The predicted octanol–water partition coefficient (Wildman–Crippen LogP) is 2.14. The van der Waals surface area contributed by atoms with Crippen LogP contribution in [0, 0.1) is 5.92 Å². The third-order valence-corrected chi connectivity index (χ3v) is 4.68. The maximum atomic E-state index is 12.7. The third kappa shape index (κ3) is 2.52. The van der Waals surface area contributed by atoms with Crippen molar-refractivity contribution in [2.45, 2.75) is 77.7 Å². The van der Waals surface area contributed by atoms with Crippen molar-refractivity contribution >= 4 is 5.91 Å². The molecule has 1 aliphatic carbocycles. The Hall–Kier alpha value is -0.610. The lowest BCUT2D eigenvalue weighted by Gasteiger charge is -2.44. The largest absolute Gasteiger partial charge is 0.378 e. The standard InChI is InChI=1S/C15H28N2O2/c1-6-15(5)14(18)17(13(16-15)10(3)4)11-8-12(9-11)19-7-2/h10-13,16H,6-9H2,1-5H3. The van der Waals surface area contributed by atoms with E-state index >= 15 is 0 Å². The monoisotopic (exact) mass is 268 g/mol. The molecule has 2 rings (SSSR count). The molecular weight excluding hydrogens is 240 g/mol. The number of rotatable bonds is 5. The number of carbonyl (C=O) groups excluding carboxylic acids is 1. The van der Waals surface area contributed by atoms with Gasteiger partial charge in [0.15, 0.2) is 0 Å². The summed E-state index contributed by atoms with van der Waals surface area (Å²) in [5.41, 5.74) is -0.383. The zero-order valence-corrected chi connectivity index (χ0v) is 12.9. The summed E-state index contributed by atoms with van der Waals surface area (Å²) in [5, 5.41) is 3.55. The number of carbonyl (C=O) groups is 1. The molecule has 1 N–H and O–H groups in total. The average Bonchev–Trinajstić information content (AvgIpc) is 2.58. The Bertz CT molecular complexity index is 339. The highest BCUT2D eigenvalue weighted by atomic mass is 16.5. The van der Waals surface area contributed by atoms with Crippen LogP contribution < -0.4 is 5.32 Å². The van der Waals surface area contributed by atoms with Gasteiger partial charge in [-0.3, -0.25) is 10.1 Å². The normalized spacial score (nSPS) is 38.9. The van der Waals surface area contributed by atoms with Crippen molar-refractivity contribution in [2.75, 3.05) is 6.61 Å². The zero-order valence-electron chi connectivity index (χ0n) is 12.9. The second-order valence-corrected chi connectivity index (χ2v) is 6.43. The number of hydrogen-bond acceptors (Lipinski definition) is 3. The number of hydrogen-bond donors (Lipinski definition) is 1. The summed E-state index contributed by atoms with van der Waals surface area (Å²) < 4.78 is 5.62. The van der Waals surface area contributed by atoms with E-state index in [1.165, 1.54) is 0 Å². The van der Waals surface area contributed by atoms with Crippen LogP contribution in [-0.2, 0) is 9.53 Å². The number of amides is 1. The summed E-state index contributed by atoms with van der Waals surface area (Å²) in [4.78, 5) is 14.8. The average molecular weight is 268 g/mol. The highest BCUT2D eigenvalue weighted by Crippen LogP contribution is 2.36. The van der Waals surface area contributed by atoms with Crippen LogP contribution in [0.15, 0.2) is 0 Å². The number of ether oxygens (including phenoxy) is 1. The van der Waals surface area contributed by atoms with E-state index in [1.54, 1.807) is 0 Å². The molecule has 2 fully saturated rings. The van der Waals surface area contributed by atoms with E-state index in [-0.39, 0.29) is 17.6 Å². The Morgan fingerprint density at radius 1 is 1.42 bits per heavy atom. The van der Waals surface area contributed by atoms with Gasteiger partial charge in [0, 0.05) is 12.6 Å². The fraction of sp³-hybridized carbons (Fsp3) is 0.933. The van der Waals surface area contributed by atoms with E-state index in [9.17, 15) is 4.79 Å². The first-order valence-corrected chi connectivity index (χ1v) is 7.65. The highest BCUT2D eigenvalue weighted by Gasteiger charge is 2.52.